The Morgan fingerprint density at radius 2 is 1.21 bits per heavy atom. The van der Waals surface area contributed by atoms with Gasteiger partial charge < -0.3 is 0 Å². The van der Waals surface area contributed by atoms with Gasteiger partial charge in [0.25, 0.3) is 0 Å². The summed E-state index contributed by atoms with van der Waals surface area (Å²) in [6.07, 6.45) is 0. The van der Waals surface area contributed by atoms with Crippen LogP contribution in [0.3, 0.4) is 0 Å². The summed E-state index contributed by atoms with van der Waals surface area (Å²) in [4.78, 5) is 0. The van der Waals surface area contributed by atoms with Crippen LogP contribution in [0.5, 0.6) is 0 Å². The summed E-state index contributed by atoms with van der Waals surface area (Å²) in [5.41, 5.74) is 3.98. The first-order chi connectivity index (χ1) is 9.11. The van der Waals surface area contributed by atoms with Crippen molar-refractivity contribution in [3.63, 3.8) is 0 Å². The van der Waals surface area contributed by atoms with E-state index in [4.69, 9.17) is 5.26 Å². The van der Waals surface area contributed by atoms with Gasteiger partial charge in [0, 0.05) is 5.57 Å². The van der Waals surface area contributed by atoms with E-state index in [1.807, 2.05) is 62.4 Å². The van der Waals surface area contributed by atoms with Gasteiger partial charge >= 0.3 is 0 Å². The van der Waals surface area contributed by atoms with E-state index in [0.717, 1.165) is 11.1 Å². The molecule has 0 saturated heterocycles. The van der Waals surface area contributed by atoms with Gasteiger partial charge in [-0.1, -0.05) is 59.7 Å². The van der Waals surface area contributed by atoms with Gasteiger partial charge in [0.2, 0.25) is 5.83 Å². The lowest BCUT2D eigenvalue weighted by molar-refractivity contribution is 0.676. The number of hydrogen-bond donors (Lipinski definition) is 0. The summed E-state index contributed by atoms with van der Waals surface area (Å²) < 4.78 is 13.9. The summed E-state index contributed by atoms with van der Waals surface area (Å²) in [6, 6.07) is 16.6. The zero-order chi connectivity index (χ0) is 13.8. The number of nitriles is 1. The maximum absolute atomic E-state index is 13.9. The third-order valence-corrected chi connectivity index (χ3v) is 3.00. The molecule has 0 atom stereocenters. The highest BCUT2D eigenvalue weighted by Crippen LogP contribution is 2.28. The Bertz CT molecular complexity index is 596. The lowest BCUT2D eigenvalue weighted by Gasteiger charge is -2.08. The fourth-order valence-electron chi connectivity index (χ4n) is 1.92. The molecular formula is C17H14FN. The smallest absolute Gasteiger partial charge is 0.194 e. The van der Waals surface area contributed by atoms with Crippen LogP contribution in [0, 0.1) is 25.2 Å². The molecule has 2 heteroatoms. The average Bonchev–Trinajstić information content (AvgIpc) is 2.43. The van der Waals surface area contributed by atoms with Crippen LogP contribution in [0.15, 0.2) is 54.4 Å². The van der Waals surface area contributed by atoms with Crippen LogP contribution in [0.2, 0.25) is 0 Å². The molecule has 0 aliphatic heterocycles. The molecule has 0 spiro atoms. The Morgan fingerprint density at radius 3 is 1.53 bits per heavy atom. The molecular weight excluding hydrogens is 237 g/mol. The number of hydrogen-bond acceptors (Lipinski definition) is 1. The third kappa shape index (κ3) is 2.89. The lowest BCUT2D eigenvalue weighted by atomic mass is 9.96. The fraction of sp³-hybridized carbons (Fsp3) is 0.118. The Labute approximate surface area is 112 Å². The van der Waals surface area contributed by atoms with Crippen molar-refractivity contribution in [1.82, 2.24) is 0 Å². The molecule has 19 heavy (non-hydrogen) atoms. The minimum Gasteiger partial charge on any atom is -0.194 e. The second kappa shape index (κ2) is 5.49. The molecule has 0 N–H and O–H groups in total. The van der Waals surface area contributed by atoms with Gasteiger partial charge in [-0.2, -0.15) is 9.65 Å². The molecule has 0 aromatic heterocycles. The Kier molecular flexibility index (Phi) is 3.77. The Balaban J connectivity index is 2.59. The molecule has 2 aromatic carbocycles. The van der Waals surface area contributed by atoms with E-state index in [1.165, 1.54) is 0 Å². The molecule has 0 aliphatic rings. The zero-order valence-electron chi connectivity index (χ0n) is 10.9. The summed E-state index contributed by atoms with van der Waals surface area (Å²) in [5.74, 6) is -0.757. The van der Waals surface area contributed by atoms with E-state index in [-0.39, 0.29) is 0 Å². The van der Waals surface area contributed by atoms with Gasteiger partial charge in [-0.3, -0.25) is 0 Å². The topological polar surface area (TPSA) is 23.8 Å². The van der Waals surface area contributed by atoms with Gasteiger partial charge in [-0.05, 0) is 25.0 Å². The van der Waals surface area contributed by atoms with Crippen molar-refractivity contribution in [3.05, 3.63) is 76.6 Å². The van der Waals surface area contributed by atoms with Crippen LogP contribution in [-0.2, 0) is 0 Å². The number of benzene rings is 2. The van der Waals surface area contributed by atoms with Crippen molar-refractivity contribution < 1.29 is 4.39 Å². The van der Waals surface area contributed by atoms with Gasteiger partial charge in [0.1, 0.15) is 6.07 Å². The standard InChI is InChI=1S/C17H14FN/c1-12-3-7-14(8-4-12)17(16(18)11-19)15-9-5-13(2)6-10-15/h3-10H,1-2H3. The highest BCUT2D eigenvalue weighted by Gasteiger charge is 2.11. The first-order valence-corrected chi connectivity index (χ1v) is 6.06. The fourth-order valence-corrected chi connectivity index (χ4v) is 1.92. The highest BCUT2D eigenvalue weighted by atomic mass is 19.1. The predicted molar refractivity (Wildman–Crippen MR) is 75.1 cm³/mol. The highest BCUT2D eigenvalue weighted by molar-refractivity contribution is 5.83. The average molecular weight is 251 g/mol. The number of nitrogens with zero attached hydrogens (tertiary/aromatic N) is 1. The van der Waals surface area contributed by atoms with Crippen molar-refractivity contribution >= 4 is 5.57 Å². The van der Waals surface area contributed by atoms with E-state index < -0.39 is 5.83 Å². The molecule has 0 aliphatic carbocycles. The minimum atomic E-state index is -0.757. The molecule has 1 nitrogen and oxygen atoms in total. The maximum atomic E-state index is 13.9. The van der Waals surface area contributed by atoms with Crippen molar-refractivity contribution in [2.75, 3.05) is 0 Å². The molecule has 0 bridgehead atoms. The normalized spacial score (nSPS) is 9.79. The molecule has 0 unspecified atom stereocenters. The Hall–Kier alpha value is -2.40. The van der Waals surface area contributed by atoms with Crippen LogP contribution in [0.4, 0.5) is 4.39 Å². The lowest BCUT2D eigenvalue weighted by Crippen LogP contribution is -1.91. The van der Waals surface area contributed by atoms with Gasteiger partial charge in [-0.25, -0.2) is 0 Å². The molecule has 0 radical (unpaired) electrons. The van der Waals surface area contributed by atoms with E-state index in [1.54, 1.807) is 6.07 Å². The first-order valence-electron chi connectivity index (χ1n) is 6.06. The number of allylic oxidation sites excluding steroid dienone is 1. The monoisotopic (exact) mass is 251 g/mol. The van der Waals surface area contributed by atoms with Crippen molar-refractivity contribution in [2.45, 2.75) is 13.8 Å². The molecule has 94 valence electrons. The van der Waals surface area contributed by atoms with Crippen molar-refractivity contribution in [3.8, 4) is 6.07 Å². The van der Waals surface area contributed by atoms with Crippen LogP contribution in [-0.4, -0.2) is 0 Å². The van der Waals surface area contributed by atoms with Crippen LogP contribution in [0.25, 0.3) is 5.57 Å². The maximum Gasteiger partial charge on any atom is 0.208 e. The Morgan fingerprint density at radius 1 is 0.842 bits per heavy atom. The van der Waals surface area contributed by atoms with Crippen molar-refractivity contribution in [1.29, 1.82) is 5.26 Å². The quantitative estimate of drug-likeness (QED) is 0.718. The largest absolute Gasteiger partial charge is 0.208 e. The summed E-state index contributed by atoms with van der Waals surface area (Å²) in [5, 5.41) is 8.85. The van der Waals surface area contributed by atoms with Gasteiger partial charge in [-0.15, -0.1) is 0 Å². The summed E-state index contributed by atoms with van der Waals surface area (Å²) >= 11 is 0. The van der Waals surface area contributed by atoms with Crippen LogP contribution >= 0.6 is 0 Å². The summed E-state index contributed by atoms with van der Waals surface area (Å²) in [7, 11) is 0. The molecule has 0 amide bonds. The predicted octanol–water partition coefficient (Wildman–Crippen LogP) is 4.56. The van der Waals surface area contributed by atoms with Crippen molar-refractivity contribution in [2.24, 2.45) is 0 Å². The molecule has 0 heterocycles. The molecule has 0 saturated carbocycles. The van der Waals surface area contributed by atoms with Crippen LogP contribution in [0.1, 0.15) is 22.3 Å². The SMILES string of the molecule is Cc1ccc(C(=C(F)C#N)c2ccc(C)cc2)cc1. The number of rotatable bonds is 2. The van der Waals surface area contributed by atoms with E-state index in [2.05, 4.69) is 0 Å². The minimum absolute atomic E-state index is 0.350. The second-order valence-electron chi connectivity index (χ2n) is 4.53. The van der Waals surface area contributed by atoms with E-state index >= 15 is 0 Å². The first kappa shape index (κ1) is 13.0. The second-order valence-corrected chi connectivity index (χ2v) is 4.53. The van der Waals surface area contributed by atoms with E-state index in [9.17, 15) is 4.39 Å². The number of aryl methyl sites for hydroxylation is 2. The molecule has 0 fully saturated rings. The number of halogens is 1. The molecule has 2 aromatic rings. The van der Waals surface area contributed by atoms with Gasteiger partial charge in [0.05, 0.1) is 0 Å². The van der Waals surface area contributed by atoms with Crippen LogP contribution < -0.4 is 0 Å². The van der Waals surface area contributed by atoms with E-state index in [0.29, 0.717) is 16.7 Å². The summed E-state index contributed by atoms with van der Waals surface area (Å²) in [6.45, 7) is 3.94. The van der Waals surface area contributed by atoms with Gasteiger partial charge in [0.15, 0.2) is 0 Å². The molecule has 2 rings (SSSR count). The third-order valence-electron chi connectivity index (χ3n) is 3.00. The zero-order valence-corrected chi connectivity index (χ0v) is 10.9.